The zero-order valence-corrected chi connectivity index (χ0v) is 12.0. The van der Waals surface area contributed by atoms with Crippen LogP contribution in [0, 0.1) is 0 Å². The minimum absolute atomic E-state index is 0.187. The molecule has 0 aliphatic heterocycles. The van der Waals surface area contributed by atoms with Crippen LogP contribution in [0.5, 0.6) is 0 Å². The fourth-order valence-corrected chi connectivity index (χ4v) is 2.14. The van der Waals surface area contributed by atoms with Crippen molar-refractivity contribution in [3.63, 3.8) is 0 Å². The van der Waals surface area contributed by atoms with E-state index in [1.54, 1.807) is 12.3 Å². The van der Waals surface area contributed by atoms with E-state index in [1.165, 1.54) is 18.6 Å². The molecule has 3 rings (SSSR count). The van der Waals surface area contributed by atoms with Gasteiger partial charge in [-0.2, -0.15) is 18.2 Å². The van der Waals surface area contributed by atoms with Crippen LogP contribution in [-0.2, 0) is 19.0 Å². The van der Waals surface area contributed by atoms with Crippen LogP contribution in [0.15, 0.2) is 40.2 Å². The molecule has 0 aliphatic carbocycles. The summed E-state index contributed by atoms with van der Waals surface area (Å²) < 4.78 is 42.0. The van der Waals surface area contributed by atoms with Gasteiger partial charge in [0.05, 0.1) is 0 Å². The second kappa shape index (κ2) is 6.22. The number of H-pyrrole nitrogens is 1. The topological polar surface area (TPSA) is 97.6 Å². The van der Waals surface area contributed by atoms with Crippen LogP contribution in [-0.4, -0.2) is 25.1 Å². The third-order valence-electron chi connectivity index (χ3n) is 3.25. The van der Waals surface area contributed by atoms with Crippen LogP contribution in [0.4, 0.5) is 13.2 Å². The number of nitrogens with one attached hydrogen (secondary N) is 1. The van der Waals surface area contributed by atoms with Crippen LogP contribution >= 0.6 is 0 Å². The number of halogens is 3. The van der Waals surface area contributed by atoms with Gasteiger partial charge >= 0.3 is 12.1 Å². The molecule has 0 aliphatic rings. The quantitative estimate of drug-likeness (QED) is 0.782. The molecular weight excluding hydrogens is 327 g/mol. The van der Waals surface area contributed by atoms with Gasteiger partial charge in [-0.05, 0) is 25.0 Å². The lowest BCUT2D eigenvalue weighted by molar-refractivity contribution is -0.159. The molecule has 0 aromatic carbocycles. The number of pyridine rings is 1. The Morgan fingerprint density at radius 1 is 1.21 bits per heavy atom. The van der Waals surface area contributed by atoms with Crippen molar-refractivity contribution >= 4 is 0 Å². The van der Waals surface area contributed by atoms with Crippen LogP contribution < -0.4 is 5.56 Å². The smallest absolute Gasteiger partial charge is 0.329 e. The number of rotatable bonds is 4. The van der Waals surface area contributed by atoms with E-state index in [4.69, 9.17) is 0 Å². The van der Waals surface area contributed by atoms with E-state index in [1.807, 2.05) is 0 Å². The van der Waals surface area contributed by atoms with Gasteiger partial charge in [0.2, 0.25) is 5.82 Å². The van der Waals surface area contributed by atoms with Crippen LogP contribution in [0.25, 0.3) is 11.4 Å². The summed E-state index contributed by atoms with van der Waals surface area (Å²) in [5, 5.41) is 3.33. The Morgan fingerprint density at radius 3 is 2.71 bits per heavy atom. The third-order valence-corrected chi connectivity index (χ3v) is 3.25. The summed E-state index contributed by atoms with van der Waals surface area (Å²) in [6, 6.07) is 3.12. The zero-order valence-electron chi connectivity index (χ0n) is 12.0. The first-order valence-corrected chi connectivity index (χ1v) is 6.82. The highest BCUT2D eigenvalue weighted by molar-refractivity contribution is 5.58. The van der Waals surface area contributed by atoms with E-state index >= 15 is 0 Å². The maximum absolute atomic E-state index is 12.6. The number of hydrogen-bond acceptors (Lipinski definition) is 6. The Balaban J connectivity index is 1.93. The van der Waals surface area contributed by atoms with Crippen molar-refractivity contribution in [2.45, 2.75) is 19.0 Å². The molecule has 0 radical (unpaired) electrons. The normalized spacial score (nSPS) is 11.6. The van der Waals surface area contributed by atoms with Gasteiger partial charge in [0, 0.05) is 29.2 Å². The van der Waals surface area contributed by atoms with Gasteiger partial charge in [0.15, 0.2) is 0 Å². The van der Waals surface area contributed by atoms with Crippen LogP contribution in [0.1, 0.15) is 17.1 Å². The molecule has 0 saturated carbocycles. The summed E-state index contributed by atoms with van der Waals surface area (Å²) in [7, 11) is 0. The van der Waals surface area contributed by atoms with Crippen molar-refractivity contribution in [1.29, 1.82) is 0 Å². The molecule has 3 aromatic rings. The molecule has 0 fully saturated rings. The minimum Gasteiger partial charge on any atom is -0.329 e. The predicted octanol–water partition coefficient (Wildman–Crippen LogP) is 2.02. The van der Waals surface area contributed by atoms with Gasteiger partial charge in [0.1, 0.15) is 6.33 Å². The lowest BCUT2D eigenvalue weighted by Gasteiger charge is -2.05. The lowest BCUT2D eigenvalue weighted by Crippen LogP contribution is -2.15. The minimum atomic E-state index is -4.74. The molecule has 0 saturated heterocycles. The molecule has 7 nitrogen and oxygen atoms in total. The molecule has 0 amide bonds. The number of hydrogen-bond donors (Lipinski definition) is 1. The summed E-state index contributed by atoms with van der Waals surface area (Å²) >= 11 is 0. The van der Waals surface area contributed by atoms with Crippen molar-refractivity contribution < 1.29 is 17.7 Å². The van der Waals surface area contributed by atoms with E-state index in [-0.39, 0.29) is 23.4 Å². The number of aromatic nitrogens is 5. The van der Waals surface area contributed by atoms with Crippen molar-refractivity contribution in [3.8, 4) is 11.4 Å². The van der Waals surface area contributed by atoms with Crippen LogP contribution in [0.2, 0.25) is 0 Å². The molecule has 0 bridgehead atoms. The summed E-state index contributed by atoms with van der Waals surface area (Å²) in [6.07, 6.45) is 0.168. The fourth-order valence-electron chi connectivity index (χ4n) is 2.14. The van der Waals surface area contributed by atoms with E-state index in [0.717, 1.165) is 0 Å². The molecule has 24 heavy (non-hydrogen) atoms. The zero-order chi connectivity index (χ0) is 17.2. The first-order valence-electron chi connectivity index (χ1n) is 6.82. The predicted molar refractivity (Wildman–Crippen MR) is 74.8 cm³/mol. The first-order chi connectivity index (χ1) is 11.4. The summed E-state index contributed by atoms with van der Waals surface area (Å²) in [6.45, 7) is 0. The lowest BCUT2D eigenvalue weighted by atomic mass is 10.0. The largest absolute Gasteiger partial charge is 0.471 e. The number of alkyl halides is 3. The molecule has 124 valence electrons. The van der Waals surface area contributed by atoms with Crippen molar-refractivity contribution in [2.75, 3.05) is 0 Å². The summed E-state index contributed by atoms with van der Waals surface area (Å²) in [4.78, 5) is 25.7. The van der Waals surface area contributed by atoms with Gasteiger partial charge in [-0.25, -0.2) is 9.97 Å². The van der Waals surface area contributed by atoms with Crippen molar-refractivity contribution in [3.05, 3.63) is 58.4 Å². The van der Waals surface area contributed by atoms with Crippen molar-refractivity contribution in [1.82, 2.24) is 25.1 Å². The Labute approximate surface area is 132 Å². The molecule has 0 atom stereocenters. The average Bonchev–Trinajstić information content (AvgIpc) is 3.04. The van der Waals surface area contributed by atoms with Gasteiger partial charge in [-0.1, -0.05) is 5.16 Å². The summed E-state index contributed by atoms with van der Waals surface area (Å²) in [5.41, 5.74) is 0.709. The molecule has 10 heteroatoms. The monoisotopic (exact) mass is 337 g/mol. The molecule has 1 N–H and O–H groups in total. The Bertz CT molecular complexity index is 889. The second-order valence-corrected chi connectivity index (χ2v) is 4.82. The van der Waals surface area contributed by atoms with Crippen molar-refractivity contribution in [2.24, 2.45) is 0 Å². The first kappa shape index (κ1) is 15.8. The average molecular weight is 337 g/mol. The fraction of sp³-hybridized carbons (Fsp3) is 0.214. The highest BCUT2D eigenvalue weighted by Gasteiger charge is 2.38. The van der Waals surface area contributed by atoms with Crippen LogP contribution in [0.3, 0.4) is 0 Å². The Morgan fingerprint density at radius 2 is 2.04 bits per heavy atom. The molecule has 0 spiro atoms. The number of nitrogens with zero attached hydrogens (tertiary/aromatic N) is 4. The Kier molecular flexibility index (Phi) is 4.11. The maximum atomic E-state index is 12.6. The SMILES string of the molecule is O=c1[nH]ccc(-c2noc(C(F)(F)F)n2)c1CCc1ccncn1. The van der Waals surface area contributed by atoms with Gasteiger partial charge < -0.3 is 9.51 Å². The number of aryl methyl sites for hydroxylation is 1. The molecule has 3 aromatic heterocycles. The highest BCUT2D eigenvalue weighted by Crippen LogP contribution is 2.29. The van der Waals surface area contributed by atoms with E-state index in [2.05, 4.69) is 29.6 Å². The van der Waals surface area contributed by atoms with Gasteiger partial charge in [-0.15, -0.1) is 0 Å². The second-order valence-electron chi connectivity index (χ2n) is 4.82. The number of aromatic amines is 1. The highest BCUT2D eigenvalue weighted by atomic mass is 19.4. The molecular formula is C14H10F3N5O2. The van der Waals surface area contributed by atoms with E-state index in [9.17, 15) is 18.0 Å². The van der Waals surface area contributed by atoms with Gasteiger partial charge in [0.25, 0.3) is 5.56 Å². The molecule has 3 heterocycles. The van der Waals surface area contributed by atoms with Gasteiger partial charge in [-0.3, -0.25) is 4.79 Å². The Hall–Kier alpha value is -3.04. The van der Waals surface area contributed by atoms with E-state index < -0.39 is 17.6 Å². The third kappa shape index (κ3) is 3.31. The summed E-state index contributed by atoms with van der Waals surface area (Å²) in [5.74, 6) is -1.74. The maximum Gasteiger partial charge on any atom is 0.471 e. The standard InChI is InChI=1S/C14H10F3N5O2/c15-14(16,17)13-21-11(22-24-13)9-4-6-19-12(23)10(9)2-1-8-3-5-18-7-20-8/h3-7H,1-2H2,(H,19,23). The van der Waals surface area contributed by atoms with E-state index in [0.29, 0.717) is 12.1 Å². The molecule has 0 unspecified atom stereocenters.